The summed E-state index contributed by atoms with van der Waals surface area (Å²) >= 11 is 4.73. The fraction of sp³-hybridized carbons (Fsp3) is 0.533. The molecule has 1 amide bonds. The summed E-state index contributed by atoms with van der Waals surface area (Å²) in [5.74, 6) is 0.518. The number of hydrogen-bond donors (Lipinski definition) is 2. The van der Waals surface area contributed by atoms with E-state index in [1.807, 2.05) is 0 Å². The Morgan fingerprint density at radius 3 is 3.00 bits per heavy atom. The van der Waals surface area contributed by atoms with Gasteiger partial charge in [0.2, 0.25) is 11.0 Å². The molecule has 2 N–H and O–H groups in total. The van der Waals surface area contributed by atoms with E-state index in [4.69, 9.17) is 0 Å². The van der Waals surface area contributed by atoms with E-state index < -0.39 is 0 Å². The molecule has 0 aliphatic heterocycles. The fourth-order valence-corrected chi connectivity index (χ4v) is 4.85. The second-order valence-corrected chi connectivity index (χ2v) is 8.70. The Morgan fingerprint density at radius 2 is 2.22 bits per heavy atom. The number of nitrogens with zero attached hydrogens (tertiary/aromatic N) is 2. The molecule has 1 saturated carbocycles. The van der Waals surface area contributed by atoms with Crippen LogP contribution in [0.3, 0.4) is 0 Å². The van der Waals surface area contributed by atoms with Crippen molar-refractivity contribution in [3.05, 3.63) is 22.4 Å². The predicted molar refractivity (Wildman–Crippen MR) is 97.5 cm³/mol. The van der Waals surface area contributed by atoms with Crippen LogP contribution in [0.25, 0.3) is 0 Å². The van der Waals surface area contributed by atoms with Gasteiger partial charge in [-0.25, -0.2) is 0 Å². The summed E-state index contributed by atoms with van der Waals surface area (Å²) in [4.78, 5) is 13.3. The molecule has 0 spiro atoms. The van der Waals surface area contributed by atoms with Gasteiger partial charge in [0, 0.05) is 17.5 Å². The van der Waals surface area contributed by atoms with E-state index in [1.165, 1.54) is 40.8 Å². The first-order chi connectivity index (χ1) is 11.3. The maximum atomic E-state index is 11.9. The highest BCUT2D eigenvalue weighted by Gasteiger charge is 2.17. The summed E-state index contributed by atoms with van der Waals surface area (Å²) in [6.07, 6.45) is 5.69. The second kappa shape index (κ2) is 8.65. The zero-order chi connectivity index (χ0) is 15.9. The first-order valence-electron chi connectivity index (χ1n) is 7.81. The first kappa shape index (κ1) is 16.7. The van der Waals surface area contributed by atoms with Crippen molar-refractivity contribution in [3.63, 3.8) is 0 Å². The SMILES string of the molecule is O=C(CSc1nnc(NCCc2cccs2)s1)NC1CCCC1. The molecule has 2 heterocycles. The molecule has 0 aromatic carbocycles. The quantitative estimate of drug-likeness (QED) is 0.699. The highest BCUT2D eigenvalue weighted by atomic mass is 32.2. The van der Waals surface area contributed by atoms with E-state index in [0.29, 0.717) is 11.8 Å². The van der Waals surface area contributed by atoms with Gasteiger partial charge in [0.25, 0.3) is 0 Å². The Labute approximate surface area is 148 Å². The van der Waals surface area contributed by atoms with Crippen LogP contribution in [-0.4, -0.2) is 34.4 Å². The molecular formula is C15H20N4OS3. The summed E-state index contributed by atoms with van der Waals surface area (Å²) < 4.78 is 0.838. The molecule has 0 atom stereocenters. The zero-order valence-corrected chi connectivity index (χ0v) is 15.2. The van der Waals surface area contributed by atoms with Gasteiger partial charge >= 0.3 is 0 Å². The van der Waals surface area contributed by atoms with E-state index in [1.54, 1.807) is 11.3 Å². The molecule has 0 radical (unpaired) electrons. The standard InChI is InChI=1S/C15H20N4OS3/c20-13(17-11-4-1-2-5-11)10-22-15-19-18-14(23-15)16-8-7-12-6-3-9-21-12/h3,6,9,11H,1-2,4-5,7-8,10H2,(H,16,18)(H,17,20). The lowest BCUT2D eigenvalue weighted by Crippen LogP contribution is -2.33. The largest absolute Gasteiger partial charge is 0.360 e. The molecule has 8 heteroatoms. The Kier molecular flexibility index (Phi) is 6.29. The van der Waals surface area contributed by atoms with Crippen LogP contribution in [0.15, 0.2) is 21.9 Å². The molecule has 3 rings (SSSR count). The van der Waals surface area contributed by atoms with Gasteiger partial charge in [0.05, 0.1) is 5.75 Å². The van der Waals surface area contributed by atoms with Gasteiger partial charge in [0.15, 0.2) is 4.34 Å². The number of anilines is 1. The van der Waals surface area contributed by atoms with Crippen LogP contribution in [0.5, 0.6) is 0 Å². The van der Waals surface area contributed by atoms with Crippen molar-refractivity contribution in [3.8, 4) is 0 Å². The van der Waals surface area contributed by atoms with Crippen LogP contribution in [0.1, 0.15) is 30.6 Å². The maximum absolute atomic E-state index is 11.9. The lowest BCUT2D eigenvalue weighted by molar-refractivity contribution is -0.119. The van der Waals surface area contributed by atoms with Crippen molar-refractivity contribution in [1.82, 2.24) is 15.5 Å². The predicted octanol–water partition coefficient (Wildman–Crippen LogP) is 3.41. The van der Waals surface area contributed by atoms with Gasteiger partial charge in [-0.1, -0.05) is 42.0 Å². The molecule has 2 aromatic rings. The monoisotopic (exact) mass is 368 g/mol. The normalized spacial score (nSPS) is 15.0. The van der Waals surface area contributed by atoms with Crippen molar-refractivity contribution in [2.24, 2.45) is 0 Å². The molecule has 1 aliphatic carbocycles. The number of thiophene rings is 1. The second-order valence-electron chi connectivity index (χ2n) is 5.47. The van der Waals surface area contributed by atoms with Crippen LogP contribution in [0.4, 0.5) is 5.13 Å². The number of thioether (sulfide) groups is 1. The summed E-state index contributed by atoms with van der Waals surface area (Å²) in [5.41, 5.74) is 0. The van der Waals surface area contributed by atoms with E-state index >= 15 is 0 Å². The molecule has 124 valence electrons. The average molecular weight is 369 g/mol. The molecule has 0 saturated heterocycles. The van der Waals surface area contributed by atoms with E-state index in [0.717, 1.165) is 35.3 Å². The third-order valence-electron chi connectivity index (χ3n) is 3.68. The first-order valence-corrected chi connectivity index (χ1v) is 10.5. The topological polar surface area (TPSA) is 66.9 Å². The molecular weight excluding hydrogens is 348 g/mol. The van der Waals surface area contributed by atoms with Crippen LogP contribution in [-0.2, 0) is 11.2 Å². The minimum Gasteiger partial charge on any atom is -0.360 e. The summed E-state index contributed by atoms with van der Waals surface area (Å²) in [7, 11) is 0. The number of nitrogens with one attached hydrogen (secondary N) is 2. The Morgan fingerprint density at radius 1 is 1.35 bits per heavy atom. The maximum Gasteiger partial charge on any atom is 0.230 e. The highest BCUT2D eigenvalue weighted by Crippen LogP contribution is 2.25. The van der Waals surface area contributed by atoms with Gasteiger partial charge in [-0.2, -0.15) is 0 Å². The lowest BCUT2D eigenvalue weighted by Gasteiger charge is -2.10. The van der Waals surface area contributed by atoms with E-state index in [9.17, 15) is 4.79 Å². The molecule has 0 bridgehead atoms. The van der Waals surface area contributed by atoms with Gasteiger partial charge in [-0.15, -0.1) is 21.5 Å². The van der Waals surface area contributed by atoms with Crippen molar-refractivity contribution in [2.75, 3.05) is 17.6 Å². The van der Waals surface area contributed by atoms with Crippen LogP contribution in [0.2, 0.25) is 0 Å². The van der Waals surface area contributed by atoms with Crippen LogP contribution < -0.4 is 10.6 Å². The third-order valence-corrected chi connectivity index (χ3v) is 6.63. The Hall–Kier alpha value is -1.12. The van der Waals surface area contributed by atoms with E-state index in [-0.39, 0.29) is 5.91 Å². The minimum atomic E-state index is 0.101. The molecule has 0 unspecified atom stereocenters. The zero-order valence-electron chi connectivity index (χ0n) is 12.8. The van der Waals surface area contributed by atoms with Crippen molar-refractivity contribution < 1.29 is 4.79 Å². The van der Waals surface area contributed by atoms with Crippen molar-refractivity contribution >= 4 is 45.5 Å². The highest BCUT2D eigenvalue weighted by molar-refractivity contribution is 8.01. The fourth-order valence-electron chi connectivity index (χ4n) is 2.55. The minimum absolute atomic E-state index is 0.101. The van der Waals surface area contributed by atoms with Gasteiger partial charge < -0.3 is 10.6 Å². The molecule has 2 aromatic heterocycles. The molecule has 23 heavy (non-hydrogen) atoms. The van der Waals surface area contributed by atoms with Crippen molar-refractivity contribution in [2.45, 2.75) is 42.5 Å². The number of hydrogen-bond acceptors (Lipinski definition) is 7. The number of amides is 1. The lowest BCUT2D eigenvalue weighted by atomic mass is 10.2. The Balaban J connectivity index is 1.36. The number of carbonyl (C=O) groups excluding carboxylic acids is 1. The van der Waals surface area contributed by atoms with Gasteiger partial charge in [-0.05, 0) is 30.7 Å². The van der Waals surface area contributed by atoms with Crippen molar-refractivity contribution in [1.29, 1.82) is 0 Å². The smallest absolute Gasteiger partial charge is 0.230 e. The van der Waals surface area contributed by atoms with E-state index in [2.05, 4.69) is 38.3 Å². The molecule has 5 nitrogen and oxygen atoms in total. The van der Waals surface area contributed by atoms with Crippen LogP contribution in [0, 0.1) is 0 Å². The Bertz CT molecular complexity index is 608. The van der Waals surface area contributed by atoms with Gasteiger partial charge in [0.1, 0.15) is 0 Å². The molecule has 1 fully saturated rings. The number of carbonyl (C=O) groups is 1. The number of rotatable bonds is 8. The summed E-state index contributed by atoms with van der Waals surface area (Å²) in [6.45, 7) is 0.849. The average Bonchev–Trinajstić information content (AvgIpc) is 3.28. The third kappa shape index (κ3) is 5.47. The summed E-state index contributed by atoms with van der Waals surface area (Å²) in [5, 5.41) is 17.5. The molecule has 1 aliphatic rings. The summed E-state index contributed by atoms with van der Waals surface area (Å²) in [6, 6.07) is 4.58. The van der Waals surface area contributed by atoms with Crippen LogP contribution >= 0.6 is 34.4 Å². The number of aromatic nitrogens is 2. The van der Waals surface area contributed by atoms with Gasteiger partial charge in [-0.3, -0.25) is 4.79 Å².